The second kappa shape index (κ2) is 9.68. The van der Waals surface area contributed by atoms with Crippen LogP contribution in [0.15, 0.2) is 28.8 Å². The summed E-state index contributed by atoms with van der Waals surface area (Å²) in [5.74, 6) is 1.01. The summed E-state index contributed by atoms with van der Waals surface area (Å²) in [4.78, 5) is 33.2. The van der Waals surface area contributed by atoms with Gasteiger partial charge in [-0.3, -0.25) is 9.69 Å². The fourth-order valence-electron chi connectivity index (χ4n) is 3.53. The van der Waals surface area contributed by atoms with Crippen LogP contribution in [0.4, 0.5) is 4.79 Å². The topological polar surface area (TPSA) is 101 Å². The predicted molar refractivity (Wildman–Crippen MR) is 120 cm³/mol. The first-order valence-corrected chi connectivity index (χ1v) is 11.0. The van der Waals surface area contributed by atoms with E-state index in [-0.39, 0.29) is 11.9 Å². The third-order valence-electron chi connectivity index (χ3n) is 5.39. The maximum atomic E-state index is 12.7. The molecule has 3 rings (SSSR count). The summed E-state index contributed by atoms with van der Waals surface area (Å²) >= 11 is 0. The van der Waals surface area contributed by atoms with E-state index < -0.39 is 17.7 Å². The highest BCUT2D eigenvalue weighted by Gasteiger charge is 2.30. The first-order valence-electron chi connectivity index (χ1n) is 11.0. The van der Waals surface area contributed by atoms with Crippen molar-refractivity contribution in [3.63, 3.8) is 0 Å². The second-order valence-corrected chi connectivity index (χ2v) is 9.23. The Labute approximate surface area is 189 Å². The van der Waals surface area contributed by atoms with Gasteiger partial charge in [-0.15, -0.1) is 0 Å². The molecule has 1 fully saturated rings. The van der Waals surface area contributed by atoms with E-state index in [0.717, 1.165) is 5.56 Å². The Hall–Kier alpha value is -2.94. The van der Waals surface area contributed by atoms with E-state index >= 15 is 0 Å². The van der Waals surface area contributed by atoms with Crippen LogP contribution in [0, 0.1) is 6.92 Å². The van der Waals surface area contributed by atoms with E-state index in [9.17, 15) is 9.59 Å². The van der Waals surface area contributed by atoms with Gasteiger partial charge in [-0.2, -0.15) is 4.98 Å². The van der Waals surface area contributed by atoms with E-state index in [1.54, 1.807) is 32.6 Å². The van der Waals surface area contributed by atoms with Gasteiger partial charge in [0.25, 0.3) is 0 Å². The highest BCUT2D eigenvalue weighted by Crippen LogP contribution is 2.24. The Bertz CT molecular complexity index is 927. The third-order valence-corrected chi connectivity index (χ3v) is 5.39. The minimum atomic E-state index is -0.651. The molecule has 1 aliphatic heterocycles. The van der Waals surface area contributed by atoms with Crippen LogP contribution in [0.2, 0.25) is 0 Å². The van der Waals surface area contributed by atoms with Crippen LogP contribution >= 0.6 is 0 Å². The molecular weight excluding hydrogens is 410 g/mol. The molecular formula is C23H33N5O4. The maximum absolute atomic E-state index is 12.7. The van der Waals surface area contributed by atoms with Crippen LogP contribution in [0.25, 0.3) is 11.4 Å². The van der Waals surface area contributed by atoms with E-state index in [2.05, 4.69) is 20.4 Å². The highest BCUT2D eigenvalue weighted by atomic mass is 16.6. The number of carbonyl (C=O) groups excluding carboxylic acids is 2. The van der Waals surface area contributed by atoms with Gasteiger partial charge in [0.05, 0.1) is 6.04 Å². The molecule has 9 nitrogen and oxygen atoms in total. The number of rotatable bonds is 5. The number of aryl methyl sites for hydroxylation is 1. The number of alkyl carbamates (subject to hydrolysis) is 1. The lowest BCUT2D eigenvalue weighted by Gasteiger charge is -2.37. The number of piperazine rings is 1. The molecule has 0 aliphatic carbocycles. The Morgan fingerprint density at radius 2 is 1.72 bits per heavy atom. The monoisotopic (exact) mass is 443 g/mol. The van der Waals surface area contributed by atoms with E-state index in [0.29, 0.717) is 37.9 Å². The number of hydrogen-bond acceptors (Lipinski definition) is 7. The number of nitrogens with one attached hydrogen (secondary N) is 1. The molecule has 174 valence electrons. The number of hydrogen-bond donors (Lipinski definition) is 1. The zero-order valence-electron chi connectivity index (χ0n) is 19.7. The van der Waals surface area contributed by atoms with Crippen LogP contribution < -0.4 is 5.32 Å². The highest BCUT2D eigenvalue weighted by molar-refractivity contribution is 5.85. The largest absolute Gasteiger partial charge is 0.444 e. The van der Waals surface area contributed by atoms with Crippen LogP contribution in [0.1, 0.15) is 52.1 Å². The first kappa shape index (κ1) is 23.7. The van der Waals surface area contributed by atoms with E-state index in [4.69, 9.17) is 9.26 Å². The SMILES string of the molecule is Cc1ccc(-c2noc(C(C)N3CCN(C(=O)C(C)NC(=O)OC(C)(C)C)CC3)n2)cc1. The van der Waals surface area contributed by atoms with Gasteiger partial charge in [-0.1, -0.05) is 35.0 Å². The van der Waals surface area contributed by atoms with Crippen molar-refractivity contribution in [1.82, 2.24) is 25.3 Å². The Kier molecular flexibility index (Phi) is 7.18. The van der Waals surface area contributed by atoms with Crippen LogP contribution in [-0.4, -0.2) is 69.8 Å². The number of amides is 2. The van der Waals surface area contributed by atoms with Crippen molar-refractivity contribution in [1.29, 1.82) is 0 Å². The minimum absolute atomic E-state index is 0.0590. The summed E-state index contributed by atoms with van der Waals surface area (Å²) < 4.78 is 10.7. The fourth-order valence-corrected chi connectivity index (χ4v) is 3.53. The number of nitrogens with zero attached hydrogens (tertiary/aromatic N) is 4. The number of carbonyl (C=O) groups is 2. The summed E-state index contributed by atoms with van der Waals surface area (Å²) in [6.45, 7) is 13.6. The molecule has 2 aromatic rings. The quantitative estimate of drug-likeness (QED) is 0.757. The zero-order valence-corrected chi connectivity index (χ0v) is 19.7. The summed E-state index contributed by atoms with van der Waals surface area (Å²) in [5, 5.41) is 6.74. The molecule has 2 amide bonds. The average Bonchev–Trinajstić information content (AvgIpc) is 3.22. The molecule has 0 spiro atoms. The molecule has 0 saturated carbocycles. The standard InChI is InChI=1S/C23H33N5O4/c1-15-7-9-18(10-8-15)19-25-20(32-26-19)17(3)27-11-13-28(14-12-27)21(29)16(2)24-22(30)31-23(4,5)6/h7-10,16-17H,11-14H2,1-6H3,(H,24,30). The van der Waals surface area contributed by atoms with Crippen molar-refractivity contribution in [2.75, 3.05) is 26.2 Å². The van der Waals surface area contributed by atoms with Gasteiger partial charge in [0.2, 0.25) is 17.6 Å². The second-order valence-electron chi connectivity index (χ2n) is 9.23. The Morgan fingerprint density at radius 3 is 2.31 bits per heavy atom. The minimum Gasteiger partial charge on any atom is -0.444 e. The molecule has 2 atom stereocenters. The molecule has 1 N–H and O–H groups in total. The van der Waals surface area contributed by atoms with Crippen molar-refractivity contribution in [3.05, 3.63) is 35.7 Å². The molecule has 1 saturated heterocycles. The van der Waals surface area contributed by atoms with Crippen LogP contribution in [0.5, 0.6) is 0 Å². The predicted octanol–water partition coefficient (Wildman–Crippen LogP) is 3.16. The van der Waals surface area contributed by atoms with Crippen molar-refractivity contribution in [3.8, 4) is 11.4 Å². The Balaban J connectivity index is 1.52. The molecule has 2 heterocycles. The molecule has 0 bridgehead atoms. The number of aromatic nitrogens is 2. The van der Waals surface area contributed by atoms with Crippen LogP contribution in [-0.2, 0) is 9.53 Å². The van der Waals surface area contributed by atoms with Gasteiger partial charge in [0.15, 0.2) is 0 Å². The molecule has 9 heteroatoms. The Morgan fingerprint density at radius 1 is 1.09 bits per heavy atom. The molecule has 32 heavy (non-hydrogen) atoms. The zero-order chi connectivity index (χ0) is 23.5. The average molecular weight is 444 g/mol. The smallest absolute Gasteiger partial charge is 0.408 e. The first-order chi connectivity index (χ1) is 15.0. The van der Waals surface area contributed by atoms with Gasteiger partial charge >= 0.3 is 6.09 Å². The summed E-state index contributed by atoms with van der Waals surface area (Å²) in [6.07, 6.45) is -0.591. The van der Waals surface area contributed by atoms with Gasteiger partial charge in [-0.25, -0.2) is 4.79 Å². The van der Waals surface area contributed by atoms with Crippen LogP contribution in [0.3, 0.4) is 0 Å². The fraction of sp³-hybridized carbons (Fsp3) is 0.565. The molecule has 0 radical (unpaired) electrons. The van der Waals surface area contributed by atoms with Gasteiger partial charge in [0, 0.05) is 31.7 Å². The molecule has 2 unspecified atom stereocenters. The number of benzene rings is 1. The molecule has 1 aromatic carbocycles. The lowest BCUT2D eigenvalue weighted by molar-refractivity contribution is -0.135. The van der Waals surface area contributed by atoms with E-state index in [1.807, 2.05) is 38.1 Å². The molecule has 1 aromatic heterocycles. The maximum Gasteiger partial charge on any atom is 0.408 e. The summed E-state index contributed by atoms with van der Waals surface area (Å²) in [6, 6.07) is 7.28. The lowest BCUT2D eigenvalue weighted by atomic mass is 10.1. The normalized spacial score (nSPS) is 17.0. The van der Waals surface area contributed by atoms with Crippen molar-refractivity contribution in [2.45, 2.75) is 59.2 Å². The lowest BCUT2D eigenvalue weighted by Crippen LogP contribution is -2.54. The summed E-state index contributed by atoms with van der Waals surface area (Å²) in [5.41, 5.74) is 1.48. The van der Waals surface area contributed by atoms with Crippen molar-refractivity contribution >= 4 is 12.0 Å². The van der Waals surface area contributed by atoms with Gasteiger partial charge < -0.3 is 19.5 Å². The van der Waals surface area contributed by atoms with Crippen molar-refractivity contribution < 1.29 is 18.8 Å². The van der Waals surface area contributed by atoms with Gasteiger partial charge in [-0.05, 0) is 41.5 Å². The van der Waals surface area contributed by atoms with Crippen molar-refractivity contribution in [2.24, 2.45) is 0 Å². The van der Waals surface area contributed by atoms with E-state index in [1.165, 1.54) is 5.56 Å². The molecule has 1 aliphatic rings. The number of ether oxygens (including phenoxy) is 1. The third kappa shape index (κ3) is 6.06. The van der Waals surface area contributed by atoms with Gasteiger partial charge in [0.1, 0.15) is 11.6 Å². The summed E-state index contributed by atoms with van der Waals surface area (Å²) in [7, 11) is 0.